The van der Waals surface area contributed by atoms with E-state index in [2.05, 4.69) is 0 Å². The highest BCUT2D eigenvalue weighted by molar-refractivity contribution is 5.85. The summed E-state index contributed by atoms with van der Waals surface area (Å²) in [6.07, 6.45) is -4.71. The molecule has 5 heteroatoms. The van der Waals surface area contributed by atoms with Crippen LogP contribution in [0.25, 0.3) is 10.8 Å². The van der Waals surface area contributed by atoms with Crippen LogP contribution in [0, 0.1) is 5.82 Å². The average molecular weight is 230 g/mol. The topological polar surface area (TPSA) is 20.2 Å². The van der Waals surface area contributed by atoms with E-state index in [0.717, 1.165) is 18.2 Å². The molecule has 0 aliphatic carbocycles. The maximum absolute atomic E-state index is 13.5. The summed E-state index contributed by atoms with van der Waals surface area (Å²) in [6, 6.07) is 5.26. The Hall–Kier alpha value is -1.78. The van der Waals surface area contributed by atoms with Crippen LogP contribution < -0.4 is 0 Å². The third-order valence-corrected chi connectivity index (χ3v) is 2.24. The predicted molar refractivity (Wildman–Crippen MR) is 50.6 cm³/mol. The predicted octanol–water partition coefficient (Wildman–Crippen LogP) is 3.70. The Morgan fingerprint density at radius 3 is 2.31 bits per heavy atom. The van der Waals surface area contributed by atoms with Gasteiger partial charge in [0.1, 0.15) is 11.6 Å². The first-order valence-electron chi connectivity index (χ1n) is 4.38. The molecule has 2 aromatic rings. The summed E-state index contributed by atoms with van der Waals surface area (Å²) in [7, 11) is 0. The molecule has 0 bridgehead atoms. The van der Waals surface area contributed by atoms with Gasteiger partial charge in [0.15, 0.2) is 0 Å². The van der Waals surface area contributed by atoms with Crippen molar-refractivity contribution in [1.82, 2.24) is 0 Å². The van der Waals surface area contributed by atoms with Crippen LogP contribution in [0.2, 0.25) is 0 Å². The van der Waals surface area contributed by atoms with Gasteiger partial charge in [-0.05, 0) is 29.7 Å². The van der Waals surface area contributed by atoms with Gasteiger partial charge in [-0.3, -0.25) is 0 Å². The Bertz CT molecular complexity index is 545. The van der Waals surface area contributed by atoms with Crippen LogP contribution in [0.5, 0.6) is 5.75 Å². The van der Waals surface area contributed by atoms with E-state index in [-0.39, 0.29) is 16.5 Å². The van der Waals surface area contributed by atoms with Crippen LogP contribution in [-0.2, 0) is 6.18 Å². The molecule has 0 amide bonds. The molecular formula is C11H6F4O. The summed E-state index contributed by atoms with van der Waals surface area (Å²) in [5, 5.41) is 9.17. The van der Waals surface area contributed by atoms with Crippen molar-refractivity contribution in [3.8, 4) is 5.75 Å². The Labute approximate surface area is 87.9 Å². The summed E-state index contributed by atoms with van der Waals surface area (Å²) in [5.74, 6) is -1.43. The Morgan fingerprint density at radius 1 is 1.00 bits per heavy atom. The molecule has 0 heterocycles. The Morgan fingerprint density at radius 2 is 1.69 bits per heavy atom. The van der Waals surface area contributed by atoms with Crippen LogP contribution >= 0.6 is 0 Å². The van der Waals surface area contributed by atoms with Crippen molar-refractivity contribution in [3.63, 3.8) is 0 Å². The van der Waals surface area contributed by atoms with Crippen LogP contribution in [0.1, 0.15) is 5.56 Å². The zero-order chi connectivity index (χ0) is 11.9. The molecular weight excluding hydrogens is 224 g/mol. The number of phenolic OH excluding ortho intramolecular Hbond substituents is 1. The molecule has 1 N–H and O–H groups in total. The fourth-order valence-electron chi connectivity index (χ4n) is 1.50. The van der Waals surface area contributed by atoms with Gasteiger partial charge in [0, 0.05) is 5.39 Å². The molecule has 0 aromatic heterocycles. The van der Waals surface area contributed by atoms with Gasteiger partial charge in [0.05, 0.1) is 5.56 Å². The molecule has 16 heavy (non-hydrogen) atoms. The molecule has 0 aliphatic rings. The van der Waals surface area contributed by atoms with E-state index in [9.17, 15) is 17.6 Å². The molecule has 0 spiro atoms. The third kappa shape index (κ3) is 1.68. The number of fused-ring (bicyclic) bond motifs is 1. The number of hydrogen-bond donors (Lipinski definition) is 1. The van der Waals surface area contributed by atoms with Crippen molar-refractivity contribution >= 4 is 10.8 Å². The van der Waals surface area contributed by atoms with Crippen LogP contribution in [-0.4, -0.2) is 5.11 Å². The molecule has 0 saturated heterocycles. The van der Waals surface area contributed by atoms with Crippen LogP contribution in [0.3, 0.4) is 0 Å². The average Bonchev–Trinajstić information content (AvgIpc) is 2.15. The second-order valence-electron chi connectivity index (χ2n) is 3.33. The van der Waals surface area contributed by atoms with Gasteiger partial charge in [-0.15, -0.1) is 0 Å². The quantitative estimate of drug-likeness (QED) is 0.684. The zero-order valence-electron chi connectivity index (χ0n) is 7.85. The summed E-state index contributed by atoms with van der Waals surface area (Å²) in [5.41, 5.74) is -1.30. The SMILES string of the molecule is Oc1ccc2c(F)c(C(F)(F)F)ccc2c1. The number of aromatic hydroxyl groups is 1. The molecule has 1 nitrogen and oxygen atoms in total. The van der Waals surface area contributed by atoms with Gasteiger partial charge in [0.25, 0.3) is 0 Å². The second-order valence-corrected chi connectivity index (χ2v) is 3.33. The van der Waals surface area contributed by atoms with Crippen molar-refractivity contribution in [1.29, 1.82) is 0 Å². The van der Waals surface area contributed by atoms with Crippen molar-refractivity contribution in [3.05, 3.63) is 41.7 Å². The molecule has 0 radical (unpaired) electrons. The van der Waals surface area contributed by atoms with Crippen molar-refractivity contribution < 1.29 is 22.7 Å². The maximum atomic E-state index is 13.5. The minimum Gasteiger partial charge on any atom is -0.508 e. The molecule has 0 atom stereocenters. The van der Waals surface area contributed by atoms with Crippen molar-refractivity contribution in [2.75, 3.05) is 0 Å². The number of phenols is 1. The van der Waals surface area contributed by atoms with E-state index in [1.54, 1.807) is 0 Å². The van der Waals surface area contributed by atoms with Crippen LogP contribution in [0.15, 0.2) is 30.3 Å². The fraction of sp³-hybridized carbons (Fsp3) is 0.0909. The summed E-state index contributed by atoms with van der Waals surface area (Å²) >= 11 is 0. The van der Waals surface area contributed by atoms with Gasteiger partial charge in [0.2, 0.25) is 0 Å². The monoisotopic (exact) mass is 230 g/mol. The molecule has 84 valence electrons. The van der Waals surface area contributed by atoms with E-state index < -0.39 is 17.6 Å². The molecule has 0 saturated carbocycles. The smallest absolute Gasteiger partial charge is 0.419 e. The standard InChI is InChI=1S/C11H6F4O/c12-10-8-3-2-7(16)5-6(8)1-4-9(10)11(13,14)15/h1-5,16H. The first-order chi connectivity index (χ1) is 7.39. The van der Waals surface area contributed by atoms with E-state index in [4.69, 9.17) is 5.11 Å². The highest BCUT2D eigenvalue weighted by Gasteiger charge is 2.34. The molecule has 0 aliphatic heterocycles. The minimum absolute atomic E-state index is 0.119. The lowest BCUT2D eigenvalue weighted by atomic mass is 10.1. The van der Waals surface area contributed by atoms with Gasteiger partial charge in [-0.2, -0.15) is 13.2 Å². The van der Waals surface area contributed by atoms with Crippen molar-refractivity contribution in [2.24, 2.45) is 0 Å². The van der Waals surface area contributed by atoms with Gasteiger partial charge >= 0.3 is 6.18 Å². The Kier molecular flexibility index (Phi) is 2.26. The lowest BCUT2D eigenvalue weighted by molar-refractivity contribution is -0.139. The van der Waals surface area contributed by atoms with Gasteiger partial charge < -0.3 is 5.11 Å². The summed E-state index contributed by atoms with van der Waals surface area (Å²) in [4.78, 5) is 0. The first kappa shape index (κ1) is 10.7. The molecule has 2 aromatic carbocycles. The van der Waals surface area contributed by atoms with Gasteiger partial charge in [-0.25, -0.2) is 4.39 Å². The highest BCUT2D eigenvalue weighted by atomic mass is 19.4. The normalized spacial score (nSPS) is 12.0. The first-order valence-corrected chi connectivity index (χ1v) is 4.38. The summed E-state index contributed by atoms with van der Waals surface area (Å²) < 4.78 is 50.6. The maximum Gasteiger partial charge on any atom is 0.419 e. The molecule has 0 unspecified atom stereocenters. The molecule has 2 rings (SSSR count). The lowest BCUT2D eigenvalue weighted by Crippen LogP contribution is -2.08. The largest absolute Gasteiger partial charge is 0.508 e. The number of hydrogen-bond acceptors (Lipinski definition) is 1. The zero-order valence-corrected chi connectivity index (χ0v) is 7.85. The highest BCUT2D eigenvalue weighted by Crippen LogP contribution is 2.35. The number of rotatable bonds is 0. The fourth-order valence-corrected chi connectivity index (χ4v) is 1.50. The number of alkyl halides is 3. The van der Waals surface area contributed by atoms with E-state index in [1.165, 1.54) is 6.07 Å². The van der Waals surface area contributed by atoms with E-state index in [0.29, 0.717) is 6.07 Å². The second kappa shape index (κ2) is 3.37. The van der Waals surface area contributed by atoms with E-state index >= 15 is 0 Å². The lowest BCUT2D eigenvalue weighted by Gasteiger charge is -2.09. The third-order valence-electron chi connectivity index (χ3n) is 2.24. The summed E-state index contributed by atoms with van der Waals surface area (Å²) in [6.45, 7) is 0. The Balaban J connectivity index is 2.75. The molecule has 0 fully saturated rings. The van der Waals surface area contributed by atoms with E-state index in [1.807, 2.05) is 0 Å². The minimum atomic E-state index is -4.71. The van der Waals surface area contributed by atoms with Crippen molar-refractivity contribution in [2.45, 2.75) is 6.18 Å². The number of benzene rings is 2. The van der Waals surface area contributed by atoms with Crippen LogP contribution in [0.4, 0.5) is 17.6 Å². The van der Waals surface area contributed by atoms with Gasteiger partial charge in [-0.1, -0.05) is 6.07 Å². The number of halogens is 4.